The van der Waals surface area contributed by atoms with E-state index in [9.17, 15) is 9.90 Å². The molecule has 0 aliphatic carbocycles. The summed E-state index contributed by atoms with van der Waals surface area (Å²) in [5.41, 5.74) is 5.50. The van der Waals surface area contributed by atoms with Crippen LogP contribution >= 0.6 is 0 Å². The van der Waals surface area contributed by atoms with Crippen LogP contribution in [0.4, 0.5) is 0 Å². The van der Waals surface area contributed by atoms with Gasteiger partial charge in [-0.2, -0.15) is 0 Å². The lowest BCUT2D eigenvalue weighted by atomic mass is 10.00. The Morgan fingerprint density at radius 2 is 2.31 bits per heavy atom. The standard InChI is InChI=1S/C7H13NO5/c1-12-4-2-3(8)5(9)6(13-4)7(10)11/h3-6,9H,2,8H2,1H3,(H,10,11). The topological polar surface area (TPSA) is 102 Å². The van der Waals surface area contributed by atoms with Crippen molar-refractivity contribution in [3.8, 4) is 0 Å². The number of aliphatic hydroxyl groups excluding tert-OH is 1. The van der Waals surface area contributed by atoms with Crippen molar-refractivity contribution in [2.24, 2.45) is 5.73 Å². The lowest BCUT2D eigenvalue weighted by Gasteiger charge is -2.34. The largest absolute Gasteiger partial charge is 0.479 e. The summed E-state index contributed by atoms with van der Waals surface area (Å²) < 4.78 is 9.74. The number of aliphatic carboxylic acids is 1. The predicted molar refractivity (Wildman–Crippen MR) is 41.9 cm³/mol. The number of carboxylic acid groups (broad SMARTS) is 1. The molecule has 1 heterocycles. The smallest absolute Gasteiger partial charge is 0.335 e. The number of hydrogen-bond donors (Lipinski definition) is 3. The molecular formula is C7H13NO5. The second-order valence-electron chi connectivity index (χ2n) is 2.95. The lowest BCUT2D eigenvalue weighted by Crippen LogP contribution is -2.55. The average Bonchev–Trinajstić information content (AvgIpc) is 2.09. The summed E-state index contributed by atoms with van der Waals surface area (Å²) in [6, 6.07) is -0.625. The molecule has 13 heavy (non-hydrogen) atoms. The molecule has 0 radical (unpaired) electrons. The fraction of sp³-hybridized carbons (Fsp3) is 0.857. The third-order valence-corrected chi connectivity index (χ3v) is 2.02. The lowest BCUT2D eigenvalue weighted by molar-refractivity contribution is -0.224. The number of carbonyl (C=O) groups is 1. The SMILES string of the molecule is COC1CC(N)C(O)C(C(=O)O)O1. The van der Waals surface area contributed by atoms with Crippen LogP contribution in [-0.4, -0.2) is 47.8 Å². The summed E-state index contributed by atoms with van der Waals surface area (Å²) in [6.45, 7) is 0. The van der Waals surface area contributed by atoms with Crippen molar-refractivity contribution in [2.75, 3.05) is 7.11 Å². The molecule has 0 spiro atoms. The third-order valence-electron chi connectivity index (χ3n) is 2.02. The van der Waals surface area contributed by atoms with Crippen molar-refractivity contribution in [3.63, 3.8) is 0 Å². The molecule has 0 amide bonds. The number of carboxylic acids is 1. The highest BCUT2D eigenvalue weighted by atomic mass is 16.7. The van der Waals surface area contributed by atoms with Crippen LogP contribution in [-0.2, 0) is 14.3 Å². The van der Waals surface area contributed by atoms with Gasteiger partial charge in [0.25, 0.3) is 0 Å². The number of rotatable bonds is 2. The van der Waals surface area contributed by atoms with Crippen molar-refractivity contribution in [1.82, 2.24) is 0 Å². The molecule has 4 unspecified atom stereocenters. The minimum Gasteiger partial charge on any atom is -0.479 e. The highest BCUT2D eigenvalue weighted by Gasteiger charge is 2.40. The number of nitrogens with two attached hydrogens (primary N) is 1. The second kappa shape index (κ2) is 4.01. The van der Waals surface area contributed by atoms with E-state index in [4.69, 9.17) is 20.3 Å². The summed E-state index contributed by atoms with van der Waals surface area (Å²) in [4.78, 5) is 10.6. The maximum atomic E-state index is 10.6. The molecular weight excluding hydrogens is 178 g/mol. The van der Waals surface area contributed by atoms with Crippen molar-refractivity contribution < 1.29 is 24.5 Å². The molecule has 1 aliphatic heterocycles. The second-order valence-corrected chi connectivity index (χ2v) is 2.95. The van der Waals surface area contributed by atoms with Crippen molar-refractivity contribution in [1.29, 1.82) is 0 Å². The van der Waals surface area contributed by atoms with Crippen LogP contribution in [0.15, 0.2) is 0 Å². The first-order valence-electron chi connectivity index (χ1n) is 3.91. The van der Waals surface area contributed by atoms with E-state index in [1.807, 2.05) is 0 Å². The van der Waals surface area contributed by atoms with E-state index in [-0.39, 0.29) is 0 Å². The van der Waals surface area contributed by atoms with E-state index in [1.54, 1.807) is 0 Å². The zero-order valence-electron chi connectivity index (χ0n) is 7.21. The van der Waals surface area contributed by atoms with Gasteiger partial charge < -0.3 is 25.4 Å². The molecule has 1 rings (SSSR count). The molecule has 0 saturated carbocycles. The maximum Gasteiger partial charge on any atom is 0.335 e. The van der Waals surface area contributed by atoms with Gasteiger partial charge in [-0.15, -0.1) is 0 Å². The van der Waals surface area contributed by atoms with Crippen molar-refractivity contribution in [3.05, 3.63) is 0 Å². The van der Waals surface area contributed by atoms with E-state index in [1.165, 1.54) is 7.11 Å². The normalized spacial score (nSPS) is 40.2. The Kier molecular flexibility index (Phi) is 3.21. The molecule has 0 bridgehead atoms. The van der Waals surface area contributed by atoms with Gasteiger partial charge in [-0.3, -0.25) is 0 Å². The van der Waals surface area contributed by atoms with Crippen molar-refractivity contribution in [2.45, 2.75) is 31.0 Å². The van der Waals surface area contributed by atoms with Gasteiger partial charge in [-0.05, 0) is 0 Å². The van der Waals surface area contributed by atoms with Gasteiger partial charge in [0.2, 0.25) is 0 Å². The average molecular weight is 191 g/mol. The zero-order valence-corrected chi connectivity index (χ0v) is 7.21. The Morgan fingerprint density at radius 3 is 2.77 bits per heavy atom. The molecule has 0 aromatic carbocycles. The van der Waals surface area contributed by atoms with Crippen LogP contribution in [0.2, 0.25) is 0 Å². The Bertz CT molecular complexity index is 197. The molecule has 0 aromatic rings. The summed E-state index contributed by atoms with van der Waals surface area (Å²) in [5, 5.41) is 18.0. The van der Waals surface area contributed by atoms with E-state index in [0.29, 0.717) is 6.42 Å². The molecule has 76 valence electrons. The maximum absolute atomic E-state index is 10.6. The minimum absolute atomic E-state index is 0.293. The van der Waals surface area contributed by atoms with Gasteiger partial charge in [-0.1, -0.05) is 0 Å². The molecule has 0 aromatic heterocycles. The van der Waals surface area contributed by atoms with Gasteiger partial charge >= 0.3 is 5.97 Å². The van der Waals surface area contributed by atoms with E-state index < -0.39 is 30.5 Å². The Morgan fingerprint density at radius 1 is 1.69 bits per heavy atom. The highest BCUT2D eigenvalue weighted by Crippen LogP contribution is 2.19. The van der Waals surface area contributed by atoms with Crippen LogP contribution in [0, 0.1) is 0 Å². The predicted octanol–water partition coefficient (Wildman–Crippen LogP) is -1.48. The molecule has 6 heteroatoms. The van der Waals surface area contributed by atoms with Crippen molar-refractivity contribution >= 4 is 5.97 Å². The first-order chi connectivity index (χ1) is 6.06. The quantitative estimate of drug-likeness (QED) is 0.492. The van der Waals surface area contributed by atoms with E-state index in [2.05, 4.69) is 0 Å². The summed E-state index contributed by atoms with van der Waals surface area (Å²) >= 11 is 0. The van der Waals surface area contributed by atoms with Gasteiger partial charge in [0.1, 0.15) is 6.10 Å². The highest BCUT2D eigenvalue weighted by molar-refractivity contribution is 5.73. The third kappa shape index (κ3) is 2.16. The number of hydrogen-bond acceptors (Lipinski definition) is 5. The fourth-order valence-corrected chi connectivity index (χ4v) is 1.24. The van der Waals surface area contributed by atoms with Gasteiger partial charge in [0.15, 0.2) is 12.4 Å². The van der Waals surface area contributed by atoms with Crippen LogP contribution in [0.5, 0.6) is 0 Å². The first kappa shape index (κ1) is 10.4. The van der Waals surface area contributed by atoms with Gasteiger partial charge in [-0.25, -0.2) is 4.79 Å². The fourth-order valence-electron chi connectivity index (χ4n) is 1.24. The van der Waals surface area contributed by atoms with Gasteiger partial charge in [0, 0.05) is 19.6 Å². The molecule has 4 atom stereocenters. The molecule has 4 N–H and O–H groups in total. The molecule has 1 saturated heterocycles. The molecule has 1 aliphatic rings. The van der Waals surface area contributed by atoms with Gasteiger partial charge in [0.05, 0.1) is 0 Å². The monoisotopic (exact) mass is 191 g/mol. The van der Waals surface area contributed by atoms with Crippen LogP contribution in [0.1, 0.15) is 6.42 Å². The van der Waals surface area contributed by atoms with E-state index in [0.717, 1.165) is 0 Å². The summed E-state index contributed by atoms with van der Waals surface area (Å²) in [6.07, 6.45) is -2.83. The molecule has 6 nitrogen and oxygen atoms in total. The minimum atomic E-state index is -1.30. The summed E-state index contributed by atoms with van der Waals surface area (Å²) in [7, 11) is 1.40. The Balaban J connectivity index is 2.66. The first-order valence-corrected chi connectivity index (χ1v) is 3.91. The van der Waals surface area contributed by atoms with Crippen LogP contribution in [0.3, 0.4) is 0 Å². The zero-order chi connectivity index (χ0) is 10.0. The molecule has 1 fully saturated rings. The van der Waals surface area contributed by atoms with Crippen LogP contribution < -0.4 is 5.73 Å². The van der Waals surface area contributed by atoms with Crippen LogP contribution in [0.25, 0.3) is 0 Å². The number of ether oxygens (including phenoxy) is 2. The van der Waals surface area contributed by atoms with E-state index >= 15 is 0 Å². The Hall–Kier alpha value is -0.690. The Labute approximate surface area is 75.2 Å². The summed E-state index contributed by atoms with van der Waals surface area (Å²) in [5.74, 6) is -1.23. The number of aliphatic hydroxyl groups is 1. The number of methoxy groups -OCH3 is 1.